The zero-order valence-electron chi connectivity index (χ0n) is 11.9. The Morgan fingerprint density at radius 2 is 2.14 bits per heavy atom. The van der Waals surface area contributed by atoms with Crippen LogP contribution in [-0.2, 0) is 10.3 Å². The number of aromatic nitrogens is 2. The Labute approximate surface area is 122 Å². The Morgan fingerprint density at radius 1 is 1.38 bits per heavy atom. The highest BCUT2D eigenvalue weighted by Gasteiger charge is 2.41. The zero-order chi connectivity index (χ0) is 14.9. The first kappa shape index (κ1) is 14.0. The molecule has 6 heteroatoms. The molecule has 0 aliphatic heterocycles. The van der Waals surface area contributed by atoms with Crippen LogP contribution in [0.5, 0.6) is 0 Å². The first-order valence-corrected chi connectivity index (χ1v) is 7.18. The van der Waals surface area contributed by atoms with Crippen LogP contribution in [0.1, 0.15) is 38.4 Å². The number of nitrogens with zero attached hydrogens (tertiary/aromatic N) is 2. The number of rotatable bonds is 4. The fourth-order valence-corrected chi connectivity index (χ4v) is 2.88. The molecule has 1 heterocycles. The molecule has 1 aromatic carbocycles. The van der Waals surface area contributed by atoms with Crippen molar-refractivity contribution in [1.29, 1.82) is 0 Å². The molecule has 5 nitrogen and oxygen atoms in total. The molecule has 112 valence electrons. The summed E-state index contributed by atoms with van der Waals surface area (Å²) in [5, 5.41) is 4.02. The SMILES string of the molecule is CCOC1(c2noc(-c3cc(N)ccc3F)n2)CCCC1. The van der Waals surface area contributed by atoms with Crippen molar-refractivity contribution in [2.45, 2.75) is 38.2 Å². The highest BCUT2D eigenvalue weighted by molar-refractivity contribution is 5.60. The molecule has 2 N–H and O–H groups in total. The van der Waals surface area contributed by atoms with E-state index in [-0.39, 0.29) is 11.5 Å². The van der Waals surface area contributed by atoms with Crippen molar-refractivity contribution < 1.29 is 13.7 Å². The van der Waals surface area contributed by atoms with Gasteiger partial charge < -0.3 is 15.0 Å². The average molecular weight is 291 g/mol. The number of nitrogen functional groups attached to an aromatic ring is 1. The van der Waals surface area contributed by atoms with Crippen molar-refractivity contribution in [3.8, 4) is 11.5 Å². The first-order chi connectivity index (χ1) is 10.1. The summed E-state index contributed by atoms with van der Waals surface area (Å²) in [7, 11) is 0. The molecule has 21 heavy (non-hydrogen) atoms. The molecule has 3 rings (SSSR count). The fourth-order valence-electron chi connectivity index (χ4n) is 2.88. The summed E-state index contributed by atoms with van der Waals surface area (Å²) in [5.41, 5.74) is 5.86. The predicted molar refractivity (Wildman–Crippen MR) is 75.9 cm³/mol. The third-order valence-electron chi connectivity index (χ3n) is 3.89. The van der Waals surface area contributed by atoms with Gasteiger partial charge in [-0.05, 0) is 50.8 Å². The van der Waals surface area contributed by atoms with E-state index in [4.69, 9.17) is 15.0 Å². The van der Waals surface area contributed by atoms with E-state index in [1.807, 2.05) is 6.92 Å². The molecule has 2 aromatic rings. The smallest absolute Gasteiger partial charge is 0.261 e. The molecule has 0 radical (unpaired) electrons. The minimum atomic E-state index is -0.493. The van der Waals surface area contributed by atoms with Crippen molar-refractivity contribution in [2.75, 3.05) is 12.3 Å². The van der Waals surface area contributed by atoms with Gasteiger partial charge in [-0.3, -0.25) is 0 Å². The van der Waals surface area contributed by atoms with Crippen LogP contribution in [0.2, 0.25) is 0 Å². The average Bonchev–Trinajstić information content (AvgIpc) is 3.11. The molecule has 1 fully saturated rings. The number of anilines is 1. The third kappa shape index (κ3) is 2.51. The van der Waals surface area contributed by atoms with E-state index in [1.54, 1.807) is 0 Å². The van der Waals surface area contributed by atoms with Crippen LogP contribution in [0.25, 0.3) is 11.5 Å². The van der Waals surface area contributed by atoms with Gasteiger partial charge in [-0.15, -0.1) is 0 Å². The second-order valence-corrected chi connectivity index (χ2v) is 5.30. The summed E-state index contributed by atoms with van der Waals surface area (Å²) >= 11 is 0. The Hall–Kier alpha value is -1.95. The minimum absolute atomic E-state index is 0.140. The maximum atomic E-state index is 13.9. The number of ether oxygens (including phenoxy) is 1. The molecule has 1 saturated carbocycles. The van der Waals surface area contributed by atoms with Gasteiger partial charge in [-0.25, -0.2) is 4.39 Å². The first-order valence-electron chi connectivity index (χ1n) is 7.18. The Balaban J connectivity index is 1.97. The molecule has 0 bridgehead atoms. The minimum Gasteiger partial charge on any atom is -0.399 e. The van der Waals surface area contributed by atoms with Gasteiger partial charge in [-0.2, -0.15) is 4.98 Å². The lowest BCUT2D eigenvalue weighted by Crippen LogP contribution is -2.27. The second kappa shape index (κ2) is 5.44. The van der Waals surface area contributed by atoms with E-state index in [9.17, 15) is 4.39 Å². The summed E-state index contributed by atoms with van der Waals surface area (Å²) in [6.45, 7) is 2.52. The maximum absolute atomic E-state index is 13.9. The molecule has 1 aromatic heterocycles. The van der Waals surface area contributed by atoms with Crippen LogP contribution >= 0.6 is 0 Å². The van der Waals surface area contributed by atoms with Crippen LogP contribution in [0.15, 0.2) is 22.7 Å². The number of hydrogen-bond acceptors (Lipinski definition) is 5. The molecular weight excluding hydrogens is 273 g/mol. The zero-order valence-corrected chi connectivity index (χ0v) is 11.9. The number of nitrogens with two attached hydrogens (primary N) is 1. The lowest BCUT2D eigenvalue weighted by Gasteiger charge is -2.24. The van der Waals surface area contributed by atoms with Crippen molar-refractivity contribution in [3.05, 3.63) is 29.8 Å². The Bertz CT molecular complexity index is 636. The standard InChI is InChI=1S/C15H18FN3O2/c1-2-20-15(7-3-4-8-15)14-18-13(21-19-14)11-9-10(17)5-6-12(11)16/h5-6,9H,2-4,7-8,17H2,1H3. The predicted octanol–water partition coefficient (Wildman–Crippen LogP) is 3.26. The molecule has 0 unspecified atom stereocenters. The summed E-state index contributed by atoms with van der Waals surface area (Å²) < 4.78 is 25.0. The van der Waals surface area contributed by atoms with Gasteiger partial charge in [0, 0.05) is 12.3 Å². The van der Waals surface area contributed by atoms with E-state index in [0.717, 1.165) is 25.7 Å². The topological polar surface area (TPSA) is 74.2 Å². The van der Waals surface area contributed by atoms with Crippen molar-refractivity contribution in [2.24, 2.45) is 0 Å². The molecular formula is C15H18FN3O2. The van der Waals surface area contributed by atoms with Gasteiger partial charge in [0.25, 0.3) is 5.89 Å². The van der Waals surface area contributed by atoms with Crippen LogP contribution in [0.3, 0.4) is 0 Å². The Morgan fingerprint density at radius 3 is 2.86 bits per heavy atom. The van der Waals surface area contributed by atoms with Crippen molar-refractivity contribution in [1.82, 2.24) is 10.1 Å². The summed E-state index contributed by atoms with van der Waals surface area (Å²) in [4.78, 5) is 4.36. The largest absolute Gasteiger partial charge is 0.399 e. The van der Waals surface area contributed by atoms with Gasteiger partial charge in [0.1, 0.15) is 11.4 Å². The molecule has 1 aliphatic carbocycles. The van der Waals surface area contributed by atoms with Crippen molar-refractivity contribution >= 4 is 5.69 Å². The van der Waals surface area contributed by atoms with Gasteiger partial charge in [0.2, 0.25) is 5.82 Å². The van der Waals surface area contributed by atoms with Gasteiger partial charge in [0.05, 0.1) is 5.56 Å². The van der Waals surface area contributed by atoms with Crippen LogP contribution < -0.4 is 5.73 Å². The highest BCUT2D eigenvalue weighted by Crippen LogP contribution is 2.41. The monoisotopic (exact) mass is 291 g/mol. The van der Waals surface area contributed by atoms with E-state index in [0.29, 0.717) is 18.1 Å². The normalized spacial score (nSPS) is 17.2. The number of hydrogen-bond donors (Lipinski definition) is 1. The number of halogens is 1. The van der Waals surface area contributed by atoms with E-state index in [2.05, 4.69) is 10.1 Å². The van der Waals surface area contributed by atoms with Crippen LogP contribution in [0.4, 0.5) is 10.1 Å². The molecule has 0 atom stereocenters. The van der Waals surface area contributed by atoms with Crippen LogP contribution in [-0.4, -0.2) is 16.7 Å². The van der Waals surface area contributed by atoms with Gasteiger partial charge in [0.15, 0.2) is 0 Å². The molecule has 0 amide bonds. The van der Waals surface area contributed by atoms with E-state index in [1.165, 1.54) is 18.2 Å². The lowest BCUT2D eigenvalue weighted by molar-refractivity contribution is -0.0469. The Kier molecular flexibility index (Phi) is 3.63. The highest BCUT2D eigenvalue weighted by atomic mass is 19.1. The second-order valence-electron chi connectivity index (χ2n) is 5.30. The summed E-state index contributed by atoms with van der Waals surface area (Å²) in [5.74, 6) is 0.204. The quantitative estimate of drug-likeness (QED) is 0.875. The maximum Gasteiger partial charge on any atom is 0.261 e. The number of benzene rings is 1. The molecule has 1 aliphatic rings. The van der Waals surface area contributed by atoms with E-state index < -0.39 is 11.4 Å². The molecule has 0 saturated heterocycles. The summed E-state index contributed by atoms with van der Waals surface area (Å²) in [6, 6.07) is 4.28. The lowest BCUT2D eigenvalue weighted by atomic mass is 10.0. The third-order valence-corrected chi connectivity index (χ3v) is 3.89. The van der Waals surface area contributed by atoms with Crippen molar-refractivity contribution in [3.63, 3.8) is 0 Å². The summed E-state index contributed by atoms with van der Waals surface area (Å²) in [6.07, 6.45) is 3.85. The van der Waals surface area contributed by atoms with Crippen LogP contribution in [0, 0.1) is 5.82 Å². The van der Waals surface area contributed by atoms with E-state index >= 15 is 0 Å². The fraction of sp³-hybridized carbons (Fsp3) is 0.467. The van der Waals surface area contributed by atoms with Gasteiger partial charge >= 0.3 is 0 Å². The van der Waals surface area contributed by atoms with Gasteiger partial charge in [-0.1, -0.05) is 5.16 Å². The molecule has 0 spiro atoms.